The first-order chi connectivity index (χ1) is 20.7. The van der Waals surface area contributed by atoms with Crippen LogP contribution in [0.3, 0.4) is 0 Å². The predicted octanol–water partition coefficient (Wildman–Crippen LogP) is 3.63. The molecule has 3 N–H and O–H groups in total. The third-order valence-electron chi connectivity index (χ3n) is 8.96. The number of hydrogen-bond donors (Lipinski definition) is 3. The first-order valence-corrected chi connectivity index (χ1v) is 14.9. The Balaban J connectivity index is 1.18. The van der Waals surface area contributed by atoms with Crippen molar-refractivity contribution in [2.75, 3.05) is 41.3 Å². The van der Waals surface area contributed by atoms with Gasteiger partial charge >= 0.3 is 0 Å². The molecule has 0 bridgehead atoms. The topological polar surface area (TPSA) is 114 Å². The summed E-state index contributed by atoms with van der Waals surface area (Å²) < 4.78 is 1.52. The Morgan fingerprint density at radius 2 is 1.88 bits per heavy atom. The highest BCUT2D eigenvalue weighted by atomic mass is 16.3. The number of hydrogen-bond acceptors (Lipinski definition) is 9. The predicted molar refractivity (Wildman–Crippen MR) is 166 cm³/mol. The van der Waals surface area contributed by atoms with Crippen molar-refractivity contribution in [2.24, 2.45) is 7.05 Å². The molecule has 0 atom stereocenters. The molecular weight excluding hydrogens is 544 g/mol. The summed E-state index contributed by atoms with van der Waals surface area (Å²) in [4.78, 5) is 37.1. The number of allylic oxidation sites excluding steroid dienone is 2. The van der Waals surface area contributed by atoms with E-state index in [9.17, 15) is 19.8 Å². The van der Waals surface area contributed by atoms with Gasteiger partial charge in [-0.05, 0) is 62.4 Å². The van der Waals surface area contributed by atoms with Gasteiger partial charge in [-0.2, -0.15) is 0 Å². The van der Waals surface area contributed by atoms with Gasteiger partial charge in [-0.15, -0.1) is 0 Å². The molecule has 4 aliphatic rings. The van der Waals surface area contributed by atoms with Gasteiger partial charge in [0.2, 0.25) is 5.78 Å². The van der Waals surface area contributed by atoms with E-state index in [1.54, 1.807) is 25.5 Å². The van der Waals surface area contributed by atoms with Crippen molar-refractivity contribution in [2.45, 2.75) is 44.8 Å². The van der Waals surface area contributed by atoms with Crippen LogP contribution in [-0.2, 0) is 18.4 Å². The molecule has 1 fully saturated rings. The van der Waals surface area contributed by atoms with Gasteiger partial charge in [-0.3, -0.25) is 9.59 Å². The lowest BCUT2D eigenvalue weighted by molar-refractivity contribution is -0.112. The highest BCUT2D eigenvalue weighted by molar-refractivity contribution is 6.11. The van der Waals surface area contributed by atoms with Gasteiger partial charge in [-0.25, -0.2) is 4.98 Å². The van der Waals surface area contributed by atoms with Crippen molar-refractivity contribution in [3.63, 3.8) is 0 Å². The van der Waals surface area contributed by atoms with Crippen LogP contribution in [0.25, 0.3) is 11.1 Å². The fourth-order valence-corrected chi connectivity index (χ4v) is 6.82. The van der Waals surface area contributed by atoms with Gasteiger partial charge < -0.3 is 34.8 Å². The van der Waals surface area contributed by atoms with Crippen LogP contribution in [0.2, 0.25) is 0 Å². The van der Waals surface area contributed by atoms with Crippen molar-refractivity contribution in [3.8, 4) is 11.1 Å². The van der Waals surface area contributed by atoms with Crippen molar-refractivity contribution >= 4 is 28.7 Å². The molecule has 0 saturated carbocycles. The average Bonchev–Trinajstić information content (AvgIpc) is 3.29. The normalized spacial score (nSPS) is 19.2. The Morgan fingerprint density at radius 3 is 2.63 bits per heavy atom. The molecule has 3 aromatic rings. The Bertz CT molecular complexity index is 1730. The summed E-state index contributed by atoms with van der Waals surface area (Å²) in [6.07, 6.45) is 9.43. The molecule has 5 heterocycles. The largest absolute Gasteiger partial charge is 0.392 e. The number of pyridine rings is 2. The molecule has 1 aromatic carbocycles. The maximum Gasteiger partial charge on any atom is 0.274 e. The van der Waals surface area contributed by atoms with Crippen molar-refractivity contribution < 1.29 is 15.0 Å². The quantitative estimate of drug-likeness (QED) is 0.402. The molecule has 43 heavy (non-hydrogen) atoms. The Morgan fingerprint density at radius 1 is 1.07 bits per heavy atom. The van der Waals surface area contributed by atoms with Crippen molar-refractivity contribution in [1.29, 1.82) is 0 Å². The number of ketones is 1. The monoisotopic (exact) mass is 580 g/mol. The lowest BCUT2D eigenvalue weighted by atomic mass is 9.96. The minimum Gasteiger partial charge on any atom is -0.392 e. The van der Waals surface area contributed by atoms with E-state index in [1.807, 2.05) is 48.4 Å². The molecule has 10 nitrogen and oxygen atoms in total. The summed E-state index contributed by atoms with van der Waals surface area (Å²) in [5.41, 5.74) is 6.44. The molecule has 0 unspecified atom stereocenters. The van der Waals surface area contributed by atoms with Crippen LogP contribution in [-0.4, -0.2) is 62.2 Å². The summed E-state index contributed by atoms with van der Waals surface area (Å²) >= 11 is 0. The van der Waals surface area contributed by atoms with E-state index < -0.39 is 5.60 Å². The second-order valence-corrected chi connectivity index (χ2v) is 12.2. The van der Waals surface area contributed by atoms with Gasteiger partial charge in [-0.1, -0.05) is 12.1 Å². The lowest BCUT2D eigenvalue weighted by Gasteiger charge is -2.45. The third kappa shape index (κ3) is 4.80. The minimum atomic E-state index is -0.676. The van der Waals surface area contributed by atoms with Crippen LogP contribution < -0.4 is 20.7 Å². The number of nitrogens with zero attached hydrogens (tertiary/aromatic N) is 5. The van der Waals surface area contributed by atoms with E-state index in [4.69, 9.17) is 0 Å². The molecule has 0 amide bonds. The summed E-state index contributed by atoms with van der Waals surface area (Å²) in [6.45, 7) is 4.14. The Hall–Kier alpha value is -4.41. The number of rotatable bonds is 6. The lowest BCUT2D eigenvalue weighted by Crippen LogP contribution is -2.60. The van der Waals surface area contributed by atoms with Gasteiger partial charge in [0.05, 0.1) is 24.1 Å². The number of aliphatic hydroxyl groups is 2. The van der Waals surface area contributed by atoms with Gasteiger partial charge in [0, 0.05) is 73.7 Å². The molecule has 0 radical (unpaired) electrons. The summed E-state index contributed by atoms with van der Waals surface area (Å²) in [5, 5.41) is 23.8. The molecule has 1 saturated heterocycles. The Labute approximate surface area is 250 Å². The second kappa shape index (κ2) is 10.4. The minimum absolute atomic E-state index is 0.133. The number of carbonyl (C=O) groups excluding carboxylic acids is 1. The van der Waals surface area contributed by atoms with Gasteiger partial charge in [0.1, 0.15) is 17.2 Å². The summed E-state index contributed by atoms with van der Waals surface area (Å²) in [6, 6.07) is 11.4. The molecule has 10 heteroatoms. The van der Waals surface area contributed by atoms with E-state index in [2.05, 4.69) is 20.1 Å². The van der Waals surface area contributed by atoms with E-state index in [0.717, 1.165) is 71.6 Å². The number of aromatic nitrogens is 2. The van der Waals surface area contributed by atoms with E-state index in [0.29, 0.717) is 31.1 Å². The molecule has 1 aliphatic carbocycles. The standard InChI is InChI=1S/C33H36N6O4/c1-33(43)19-38(20-33)22-10-11-30(34-15-22)35-26-14-21(16-36(2)32(26)42)23-7-5-9-27(25(23)18-40)37-12-13-39-28-8-4-3-6-24(28)31(41)29(39)17-37/h5,7,9-11,14-17,40,43H,3-4,6,8,12-13,18-20H2,1-2H3,(H,34,35). The zero-order valence-corrected chi connectivity index (χ0v) is 24.5. The number of anilines is 4. The maximum absolute atomic E-state index is 13.2. The Kier molecular flexibility index (Phi) is 6.63. The molecule has 222 valence electrons. The maximum atomic E-state index is 13.2. The van der Waals surface area contributed by atoms with Crippen LogP contribution in [0.4, 0.5) is 22.9 Å². The van der Waals surface area contributed by atoms with E-state index in [1.165, 1.54) is 10.3 Å². The van der Waals surface area contributed by atoms with Crippen LogP contribution in [0, 0.1) is 0 Å². The zero-order chi connectivity index (χ0) is 29.9. The number of nitrogens with one attached hydrogen (secondary N) is 1. The number of carbonyl (C=O) groups is 1. The van der Waals surface area contributed by atoms with E-state index in [-0.39, 0.29) is 17.9 Å². The molecule has 2 aromatic heterocycles. The summed E-state index contributed by atoms with van der Waals surface area (Å²) in [5.74, 6) is 0.664. The zero-order valence-electron chi connectivity index (χ0n) is 24.5. The van der Waals surface area contributed by atoms with Crippen molar-refractivity contribution in [3.05, 3.63) is 87.9 Å². The SMILES string of the molecule is Cn1cc(-c2cccc(N3C=C4C(=O)C5=C(CCCC5)N4CC3)c2CO)cc(Nc2ccc(N3CC(C)(O)C3)cn2)c1=O. The number of aliphatic hydroxyl groups excluding tert-OH is 1. The highest BCUT2D eigenvalue weighted by Gasteiger charge is 2.38. The average molecular weight is 581 g/mol. The first-order valence-electron chi connectivity index (χ1n) is 14.9. The van der Waals surface area contributed by atoms with Gasteiger partial charge in [0.15, 0.2) is 0 Å². The second-order valence-electron chi connectivity index (χ2n) is 12.2. The number of β-amino-alcohol motifs (C(OH)–C–C–N with tert-alkyl or cyclic N) is 1. The highest BCUT2D eigenvalue weighted by Crippen LogP contribution is 2.41. The van der Waals surface area contributed by atoms with Crippen LogP contribution in [0.1, 0.15) is 38.2 Å². The number of Topliss-reactive ketones (excluding diaryl/α,β-unsaturated/α-hetero) is 1. The smallest absolute Gasteiger partial charge is 0.274 e. The third-order valence-corrected chi connectivity index (χ3v) is 8.96. The molecule has 7 rings (SSSR count). The van der Waals surface area contributed by atoms with Crippen molar-refractivity contribution in [1.82, 2.24) is 14.5 Å². The fraction of sp³-hybridized carbons (Fsp3) is 0.364. The van der Waals surface area contributed by atoms with Crippen LogP contribution >= 0.6 is 0 Å². The molecule has 3 aliphatic heterocycles. The van der Waals surface area contributed by atoms with Crippen LogP contribution in [0.15, 0.2) is 76.8 Å². The number of benzene rings is 1. The fourth-order valence-electron chi connectivity index (χ4n) is 6.82. The van der Waals surface area contributed by atoms with E-state index >= 15 is 0 Å². The molecule has 0 spiro atoms. The number of aryl methyl sites for hydroxylation is 1. The molecular formula is C33H36N6O4. The van der Waals surface area contributed by atoms with Gasteiger partial charge in [0.25, 0.3) is 5.56 Å². The first kappa shape index (κ1) is 27.4. The summed E-state index contributed by atoms with van der Waals surface area (Å²) in [7, 11) is 1.70. The van der Waals surface area contributed by atoms with Crippen LogP contribution in [0.5, 0.6) is 0 Å². The number of fused-ring (bicyclic) bond motifs is 2.